The van der Waals surface area contributed by atoms with Gasteiger partial charge in [-0.05, 0) is 53.7 Å². The van der Waals surface area contributed by atoms with Gasteiger partial charge in [0.05, 0.1) is 6.04 Å². The number of hydrogen-bond acceptors (Lipinski definition) is 6. The molecule has 1 aliphatic rings. The van der Waals surface area contributed by atoms with Crippen LogP contribution in [0.3, 0.4) is 0 Å². The van der Waals surface area contributed by atoms with Crippen molar-refractivity contribution in [2.75, 3.05) is 7.05 Å². The minimum absolute atomic E-state index is 0.455. The second kappa shape index (κ2) is 6.32. The highest BCUT2D eigenvalue weighted by molar-refractivity contribution is 7.99. The van der Waals surface area contributed by atoms with E-state index in [2.05, 4.69) is 31.9 Å². The monoisotopic (exact) mass is 290 g/mol. The van der Waals surface area contributed by atoms with Crippen molar-refractivity contribution < 1.29 is 0 Å². The number of nitrogens with one attached hydrogen (secondary N) is 1. The summed E-state index contributed by atoms with van der Waals surface area (Å²) in [5.41, 5.74) is 1.17. The molecule has 1 N–H and O–H groups in total. The highest BCUT2D eigenvalue weighted by Crippen LogP contribution is 2.33. The summed E-state index contributed by atoms with van der Waals surface area (Å²) in [5, 5.41) is 17.0. The van der Waals surface area contributed by atoms with Crippen LogP contribution in [0.15, 0.2) is 28.5 Å². The lowest BCUT2D eigenvalue weighted by atomic mass is 10.3. The maximum Gasteiger partial charge on any atom is 0.215 e. The molecule has 3 rings (SSSR count). The molecule has 106 valence electrons. The van der Waals surface area contributed by atoms with Gasteiger partial charge >= 0.3 is 0 Å². The van der Waals surface area contributed by atoms with Crippen molar-refractivity contribution in [2.45, 2.75) is 48.5 Å². The molecule has 0 aromatic carbocycles. The summed E-state index contributed by atoms with van der Waals surface area (Å²) in [4.78, 5) is 4.45. The van der Waals surface area contributed by atoms with Crippen molar-refractivity contribution in [1.82, 2.24) is 30.5 Å². The highest BCUT2D eigenvalue weighted by Gasteiger charge is 2.22. The van der Waals surface area contributed by atoms with Crippen LogP contribution in [0.5, 0.6) is 0 Å². The van der Waals surface area contributed by atoms with E-state index in [0.717, 1.165) is 16.7 Å². The molecule has 2 aromatic heterocycles. The summed E-state index contributed by atoms with van der Waals surface area (Å²) in [6, 6.07) is 4.55. The summed E-state index contributed by atoms with van der Waals surface area (Å²) in [5.74, 6) is 0. The number of pyridine rings is 1. The molecule has 7 heteroatoms. The lowest BCUT2D eigenvalue weighted by molar-refractivity contribution is 0.423. The first kappa shape index (κ1) is 13.5. The maximum absolute atomic E-state index is 4.45. The Hall–Kier alpha value is -1.47. The Balaban J connectivity index is 1.72. The van der Waals surface area contributed by atoms with Crippen LogP contribution in [-0.4, -0.2) is 32.2 Å². The van der Waals surface area contributed by atoms with Gasteiger partial charge in [-0.1, -0.05) is 18.9 Å². The lowest BCUT2D eigenvalue weighted by Crippen LogP contribution is -2.08. The molecule has 1 aliphatic carbocycles. The van der Waals surface area contributed by atoms with Crippen LogP contribution in [0.25, 0.3) is 0 Å². The quantitative estimate of drug-likeness (QED) is 0.909. The average Bonchev–Trinajstić information content (AvgIpc) is 3.12. The molecule has 20 heavy (non-hydrogen) atoms. The first-order valence-electron chi connectivity index (χ1n) is 6.92. The van der Waals surface area contributed by atoms with E-state index in [-0.39, 0.29) is 0 Å². The Bertz CT molecular complexity index is 546. The summed E-state index contributed by atoms with van der Waals surface area (Å²) in [6.45, 7) is 0.831. The molecule has 2 aromatic rings. The third-order valence-corrected chi connectivity index (χ3v) is 4.41. The van der Waals surface area contributed by atoms with Gasteiger partial charge in [-0.3, -0.25) is 0 Å². The standard InChI is InChI=1S/C13H18N6S/c1-14-8-10-6-7-12(15-9-10)20-13-16-17-18-19(13)11-4-2-3-5-11/h6-7,9,11,14H,2-5,8H2,1H3. The van der Waals surface area contributed by atoms with Crippen LogP contribution in [0.4, 0.5) is 0 Å². The van der Waals surface area contributed by atoms with E-state index in [1.54, 1.807) is 0 Å². The van der Waals surface area contributed by atoms with Crippen molar-refractivity contribution >= 4 is 11.8 Å². The van der Waals surface area contributed by atoms with Gasteiger partial charge in [0.25, 0.3) is 0 Å². The number of hydrogen-bond donors (Lipinski definition) is 1. The van der Waals surface area contributed by atoms with E-state index >= 15 is 0 Å². The van der Waals surface area contributed by atoms with Crippen LogP contribution < -0.4 is 5.32 Å². The second-order valence-electron chi connectivity index (χ2n) is 4.98. The lowest BCUT2D eigenvalue weighted by Gasteiger charge is -2.10. The van der Waals surface area contributed by atoms with Crippen molar-refractivity contribution in [3.8, 4) is 0 Å². The third-order valence-electron chi connectivity index (χ3n) is 3.51. The number of rotatable bonds is 5. The van der Waals surface area contributed by atoms with Gasteiger partial charge in [0.2, 0.25) is 5.16 Å². The molecule has 0 atom stereocenters. The normalized spacial score (nSPS) is 15.8. The van der Waals surface area contributed by atoms with E-state index < -0.39 is 0 Å². The zero-order chi connectivity index (χ0) is 13.8. The van der Waals surface area contributed by atoms with E-state index in [9.17, 15) is 0 Å². The Morgan fingerprint density at radius 2 is 2.20 bits per heavy atom. The molecule has 1 fully saturated rings. The zero-order valence-electron chi connectivity index (χ0n) is 11.5. The first-order valence-corrected chi connectivity index (χ1v) is 7.73. The van der Waals surface area contributed by atoms with E-state index in [4.69, 9.17) is 0 Å². The number of aromatic nitrogens is 5. The predicted molar refractivity (Wildman–Crippen MR) is 76.4 cm³/mol. The molecule has 2 heterocycles. The smallest absolute Gasteiger partial charge is 0.215 e. The van der Waals surface area contributed by atoms with Gasteiger partial charge in [-0.2, -0.15) is 0 Å². The van der Waals surface area contributed by atoms with Crippen molar-refractivity contribution in [2.24, 2.45) is 0 Å². The average molecular weight is 290 g/mol. The van der Waals surface area contributed by atoms with Crippen molar-refractivity contribution in [3.05, 3.63) is 23.9 Å². The largest absolute Gasteiger partial charge is 0.316 e. The summed E-state index contributed by atoms with van der Waals surface area (Å²) in [6.07, 6.45) is 6.78. The van der Waals surface area contributed by atoms with Crippen LogP contribution in [0.1, 0.15) is 37.3 Å². The molecule has 1 saturated carbocycles. The van der Waals surface area contributed by atoms with Gasteiger partial charge in [0, 0.05) is 12.7 Å². The minimum atomic E-state index is 0.455. The third kappa shape index (κ3) is 2.99. The van der Waals surface area contributed by atoms with E-state index in [1.807, 2.05) is 24.0 Å². The Morgan fingerprint density at radius 1 is 1.35 bits per heavy atom. The van der Waals surface area contributed by atoms with E-state index in [1.165, 1.54) is 43.0 Å². The van der Waals surface area contributed by atoms with Gasteiger partial charge in [0.15, 0.2) is 0 Å². The molecule has 0 radical (unpaired) electrons. The van der Waals surface area contributed by atoms with Gasteiger partial charge in [-0.15, -0.1) is 5.10 Å². The molecular formula is C13H18N6S. The maximum atomic E-state index is 4.45. The highest BCUT2D eigenvalue weighted by atomic mass is 32.2. The van der Waals surface area contributed by atoms with Crippen LogP contribution in [0.2, 0.25) is 0 Å². The fourth-order valence-corrected chi connectivity index (χ4v) is 3.29. The first-order chi connectivity index (χ1) is 9.86. The molecule has 0 saturated heterocycles. The fraction of sp³-hybridized carbons (Fsp3) is 0.538. The topological polar surface area (TPSA) is 68.5 Å². The molecule has 0 bridgehead atoms. The summed E-state index contributed by atoms with van der Waals surface area (Å²) in [7, 11) is 1.93. The summed E-state index contributed by atoms with van der Waals surface area (Å²) >= 11 is 1.53. The Kier molecular flexibility index (Phi) is 4.27. The Labute approximate surface area is 122 Å². The summed E-state index contributed by atoms with van der Waals surface area (Å²) < 4.78 is 1.96. The number of nitrogens with zero attached hydrogens (tertiary/aromatic N) is 5. The molecule has 0 amide bonds. The molecular weight excluding hydrogens is 272 g/mol. The Morgan fingerprint density at radius 3 is 2.90 bits per heavy atom. The minimum Gasteiger partial charge on any atom is -0.316 e. The van der Waals surface area contributed by atoms with E-state index in [0.29, 0.717) is 6.04 Å². The van der Waals surface area contributed by atoms with Crippen LogP contribution >= 0.6 is 11.8 Å². The van der Waals surface area contributed by atoms with Crippen molar-refractivity contribution in [3.63, 3.8) is 0 Å². The van der Waals surface area contributed by atoms with Gasteiger partial charge < -0.3 is 5.32 Å². The van der Waals surface area contributed by atoms with Gasteiger partial charge in [0.1, 0.15) is 5.03 Å². The zero-order valence-corrected chi connectivity index (χ0v) is 12.3. The molecule has 0 spiro atoms. The second-order valence-corrected chi connectivity index (χ2v) is 5.97. The predicted octanol–water partition coefficient (Wildman–Crippen LogP) is 2.05. The number of tetrazole rings is 1. The molecule has 6 nitrogen and oxygen atoms in total. The SMILES string of the molecule is CNCc1ccc(Sc2nnnn2C2CCCC2)nc1. The fourth-order valence-electron chi connectivity index (χ4n) is 2.50. The van der Waals surface area contributed by atoms with Crippen LogP contribution in [0, 0.1) is 0 Å². The van der Waals surface area contributed by atoms with Gasteiger partial charge in [-0.25, -0.2) is 9.67 Å². The van der Waals surface area contributed by atoms with Crippen LogP contribution in [-0.2, 0) is 6.54 Å². The van der Waals surface area contributed by atoms with Crippen molar-refractivity contribution in [1.29, 1.82) is 0 Å². The molecule has 0 aliphatic heterocycles. The molecule has 0 unspecified atom stereocenters.